The Hall–Kier alpha value is -4.10. The van der Waals surface area contributed by atoms with Crippen LogP contribution in [0, 0.1) is 0 Å². The molecule has 12 heteroatoms. The first-order valence-corrected chi connectivity index (χ1v) is 18.7. The molecule has 250 valence electrons. The molecule has 0 aliphatic rings. The molecular weight excluding hydrogens is 639 g/mol. The predicted molar refractivity (Wildman–Crippen MR) is 183 cm³/mol. The van der Waals surface area contributed by atoms with E-state index < -0.39 is 55.2 Å². The molecule has 0 aliphatic carbocycles. The lowest BCUT2D eigenvalue weighted by molar-refractivity contribution is -0.123. The van der Waals surface area contributed by atoms with Crippen molar-refractivity contribution in [1.82, 2.24) is 15.4 Å². The molecule has 0 spiro atoms. The fourth-order valence-electron chi connectivity index (χ4n) is 5.33. The largest absolute Gasteiger partial charge is 0.391 e. The van der Waals surface area contributed by atoms with Crippen molar-refractivity contribution in [2.24, 2.45) is 0 Å². The zero-order valence-corrected chi connectivity index (χ0v) is 28.4. The van der Waals surface area contributed by atoms with Crippen LogP contribution < -0.4 is 15.4 Å². The minimum absolute atomic E-state index is 0.0238. The number of nitrogens with one attached hydrogen (secondary N) is 3. The summed E-state index contributed by atoms with van der Waals surface area (Å²) in [7, 11) is -8.23. The van der Waals surface area contributed by atoms with Crippen molar-refractivity contribution in [3.05, 3.63) is 114 Å². The Morgan fingerprint density at radius 1 is 0.787 bits per heavy atom. The highest BCUT2D eigenvalue weighted by atomic mass is 32.2. The lowest BCUT2D eigenvalue weighted by Crippen LogP contribution is -2.55. The van der Waals surface area contributed by atoms with Gasteiger partial charge in [-0.2, -0.15) is 0 Å². The van der Waals surface area contributed by atoms with Gasteiger partial charge in [0.05, 0.1) is 29.0 Å². The van der Waals surface area contributed by atoms with E-state index in [2.05, 4.69) is 15.4 Å². The fourth-order valence-corrected chi connectivity index (χ4v) is 7.80. The lowest BCUT2D eigenvalue weighted by Gasteiger charge is -2.28. The number of aliphatic hydroxyl groups excluding tert-OH is 1. The van der Waals surface area contributed by atoms with E-state index in [0.29, 0.717) is 21.9 Å². The molecule has 10 nitrogen and oxygen atoms in total. The number of hydrogen-bond donors (Lipinski definition) is 4. The van der Waals surface area contributed by atoms with Crippen molar-refractivity contribution in [3.63, 3.8) is 0 Å². The van der Waals surface area contributed by atoms with Crippen molar-refractivity contribution >= 4 is 42.4 Å². The van der Waals surface area contributed by atoms with Gasteiger partial charge in [0.25, 0.3) is 5.91 Å². The monoisotopic (exact) mass is 679 g/mol. The van der Waals surface area contributed by atoms with Crippen LogP contribution in [0.4, 0.5) is 0 Å². The van der Waals surface area contributed by atoms with Gasteiger partial charge in [0, 0.05) is 22.9 Å². The zero-order chi connectivity index (χ0) is 34.4. The smallest absolute Gasteiger partial charge is 0.251 e. The van der Waals surface area contributed by atoms with E-state index in [9.17, 15) is 31.5 Å². The van der Waals surface area contributed by atoms with Gasteiger partial charge in [-0.05, 0) is 55.8 Å². The number of carbonyl (C=O) groups is 2. The minimum Gasteiger partial charge on any atom is -0.391 e. The minimum atomic E-state index is -4.19. The average molecular weight is 680 g/mol. The summed E-state index contributed by atoms with van der Waals surface area (Å²) >= 11 is 0. The molecule has 0 unspecified atom stereocenters. The Labute approximate surface area is 276 Å². The zero-order valence-electron chi connectivity index (χ0n) is 26.8. The molecule has 4 rings (SSSR count). The van der Waals surface area contributed by atoms with Crippen LogP contribution in [0.15, 0.2) is 102 Å². The second-order valence-electron chi connectivity index (χ2n) is 12.6. The third-order valence-corrected chi connectivity index (χ3v) is 9.92. The summed E-state index contributed by atoms with van der Waals surface area (Å²) in [4.78, 5) is 26.8. The maximum atomic E-state index is 13.8. The summed E-state index contributed by atoms with van der Waals surface area (Å²) in [5.74, 6) is -2.10. The molecule has 4 N–H and O–H groups in total. The van der Waals surface area contributed by atoms with E-state index in [1.165, 1.54) is 6.07 Å². The van der Waals surface area contributed by atoms with Gasteiger partial charge in [-0.25, -0.2) is 21.6 Å². The third-order valence-electron chi connectivity index (χ3n) is 7.41. The highest BCUT2D eigenvalue weighted by Crippen LogP contribution is 2.24. The van der Waals surface area contributed by atoms with Crippen LogP contribution >= 0.6 is 0 Å². The van der Waals surface area contributed by atoms with Gasteiger partial charge >= 0.3 is 0 Å². The van der Waals surface area contributed by atoms with Gasteiger partial charge in [-0.1, -0.05) is 84.9 Å². The number of amides is 2. The molecular formula is C35H41N3O7S2. The highest BCUT2D eigenvalue weighted by molar-refractivity contribution is 7.92. The van der Waals surface area contributed by atoms with E-state index in [4.69, 9.17) is 0 Å². The van der Waals surface area contributed by atoms with Crippen molar-refractivity contribution in [2.75, 3.05) is 12.0 Å². The summed E-state index contributed by atoms with van der Waals surface area (Å²) in [5.41, 5.74) is 1.18. The molecule has 0 fully saturated rings. The second-order valence-corrected chi connectivity index (χ2v) is 16.4. The summed E-state index contributed by atoms with van der Waals surface area (Å²) in [6.07, 6.45) is -0.278. The number of fused-ring (bicyclic) bond motifs is 1. The Bertz CT molecular complexity index is 1940. The maximum Gasteiger partial charge on any atom is 0.251 e. The lowest BCUT2D eigenvalue weighted by atomic mass is 9.93. The Morgan fingerprint density at radius 3 is 2.09 bits per heavy atom. The van der Waals surface area contributed by atoms with Gasteiger partial charge in [0.15, 0.2) is 9.84 Å². The van der Waals surface area contributed by atoms with Crippen LogP contribution in [0.1, 0.15) is 42.3 Å². The molecule has 0 aliphatic heterocycles. The van der Waals surface area contributed by atoms with Gasteiger partial charge < -0.3 is 15.7 Å². The number of sulfone groups is 1. The van der Waals surface area contributed by atoms with E-state index in [-0.39, 0.29) is 23.6 Å². The Balaban J connectivity index is 1.65. The van der Waals surface area contributed by atoms with Crippen molar-refractivity contribution in [2.45, 2.75) is 62.2 Å². The highest BCUT2D eigenvalue weighted by Gasteiger charge is 2.33. The van der Waals surface area contributed by atoms with Crippen LogP contribution in [0.3, 0.4) is 0 Å². The summed E-state index contributed by atoms with van der Waals surface area (Å²) in [5, 5.41) is 18.3. The summed E-state index contributed by atoms with van der Waals surface area (Å²) in [6, 6.07) is 24.8. The van der Waals surface area contributed by atoms with Crippen molar-refractivity contribution < 1.29 is 31.5 Å². The average Bonchev–Trinajstić information content (AvgIpc) is 2.99. The topological polar surface area (TPSA) is 159 Å². The molecule has 0 aromatic heterocycles. The van der Waals surface area contributed by atoms with E-state index in [1.54, 1.807) is 72.8 Å². The molecule has 4 aromatic carbocycles. The van der Waals surface area contributed by atoms with Gasteiger partial charge in [-0.15, -0.1) is 0 Å². The molecule has 3 atom stereocenters. The van der Waals surface area contributed by atoms with Gasteiger partial charge in [-0.3, -0.25) is 9.59 Å². The van der Waals surface area contributed by atoms with E-state index >= 15 is 0 Å². The summed E-state index contributed by atoms with van der Waals surface area (Å²) < 4.78 is 54.3. The molecule has 0 heterocycles. The number of carbonyl (C=O) groups excluding carboxylic acids is 2. The molecule has 4 aromatic rings. The van der Waals surface area contributed by atoms with Gasteiger partial charge in [0.1, 0.15) is 6.04 Å². The Morgan fingerprint density at radius 2 is 1.40 bits per heavy atom. The molecule has 2 amide bonds. The van der Waals surface area contributed by atoms with Crippen LogP contribution in [-0.4, -0.2) is 69.5 Å². The number of hydrogen-bond acceptors (Lipinski definition) is 7. The normalized spacial score (nSPS) is 14.2. The van der Waals surface area contributed by atoms with Crippen LogP contribution in [-0.2, 0) is 37.5 Å². The maximum absolute atomic E-state index is 13.8. The van der Waals surface area contributed by atoms with Crippen molar-refractivity contribution in [3.8, 4) is 0 Å². The first-order chi connectivity index (χ1) is 22.0. The predicted octanol–water partition coefficient (Wildman–Crippen LogP) is 3.39. The molecule has 0 radical (unpaired) electrons. The van der Waals surface area contributed by atoms with E-state index in [0.717, 1.165) is 11.8 Å². The van der Waals surface area contributed by atoms with Gasteiger partial charge in [0.2, 0.25) is 15.9 Å². The summed E-state index contributed by atoms with van der Waals surface area (Å²) in [6.45, 7) is 5.57. The SMILES string of the molecule is CC(C)(C)NC(=O)c1ccccc1C[C@@H](O)[C@H](Cc1ccccc1)NC(=O)[C@@H](CS(=O)(=O)c1cccc2ccccc12)NS(C)(=O)=O. The standard InChI is InChI=1S/C35H41N3O7S2/c1-35(2,3)37-33(40)28-19-11-9-16-26(28)22-31(39)29(21-24-13-6-5-7-14-24)36-34(41)30(38-46(4,42)43)23-47(44,45)32-20-12-17-25-15-8-10-18-27(25)32/h5-20,29-31,38-39H,21-23H2,1-4H3,(H,36,41)(H,37,40)/t29-,30+,31+/m0/s1. The quantitative estimate of drug-likeness (QED) is 0.169. The number of rotatable bonds is 13. The number of benzene rings is 4. The van der Waals surface area contributed by atoms with E-state index in [1.807, 2.05) is 39.0 Å². The number of aliphatic hydroxyl groups is 1. The molecule has 0 bridgehead atoms. The molecule has 0 saturated heterocycles. The first-order valence-electron chi connectivity index (χ1n) is 15.1. The Kier molecular flexibility index (Phi) is 11.2. The van der Waals surface area contributed by atoms with Crippen LogP contribution in [0.5, 0.6) is 0 Å². The third kappa shape index (κ3) is 10.2. The second kappa shape index (κ2) is 14.8. The van der Waals surface area contributed by atoms with Crippen molar-refractivity contribution in [1.29, 1.82) is 0 Å². The first kappa shape index (κ1) is 35.7. The van der Waals surface area contributed by atoms with Crippen LogP contribution in [0.25, 0.3) is 10.8 Å². The fraction of sp³-hybridized carbons (Fsp3) is 0.314. The van der Waals surface area contributed by atoms with Crippen LogP contribution in [0.2, 0.25) is 0 Å². The molecule has 47 heavy (non-hydrogen) atoms. The number of sulfonamides is 1. The molecule has 0 saturated carbocycles.